The molecule has 0 saturated carbocycles. The largest absolute Gasteiger partial charge is 0.497 e. The smallest absolute Gasteiger partial charge is 0.228 e. The second-order valence-electron chi connectivity index (χ2n) is 5.72. The van der Waals surface area contributed by atoms with Crippen LogP contribution in [0.1, 0.15) is 32.6 Å². The van der Waals surface area contributed by atoms with E-state index in [4.69, 9.17) is 9.47 Å². The third-order valence-corrected chi connectivity index (χ3v) is 5.03. The molecule has 1 fully saturated rings. The van der Waals surface area contributed by atoms with Crippen molar-refractivity contribution in [3.8, 4) is 5.75 Å². The summed E-state index contributed by atoms with van der Waals surface area (Å²) in [5.74, 6) is 0.923. The topological polar surface area (TPSA) is 51.7 Å². The van der Waals surface area contributed by atoms with Crippen LogP contribution >= 0.6 is 11.3 Å². The van der Waals surface area contributed by atoms with Crippen LogP contribution in [0.15, 0.2) is 18.2 Å². The van der Waals surface area contributed by atoms with Gasteiger partial charge < -0.3 is 9.47 Å². The number of rotatable bonds is 6. The van der Waals surface area contributed by atoms with E-state index in [0.717, 1.165) is 47.0 Å². The molecule has 1 amide bonds. The molecule has 5 nitrogen and oxygen atoms in total. The standard InChI is InChI=1S/C17H22N2O3S/c1-3-5-16(20)19(11-13-6-4-9-22-13)17-18-14-8-7-12(21-2)10-15(14)23-17/h7-8,10,13H,3-6,9,11H2,1-2H3. The van der Waals surface area contributed by atoms with E-state index in [9.17, 15) is 4.79 Å². The summed E-state index contributed by atoms with van der Waals surface area (Å²) in [6.07, 6.45) is 3.56. The lowest BCUT2D eigenvalue weighted by Gasteiger charge is -2.22. The fourth-order valence-electron chi connectivity index (χ4n) is 2.76. The first-order valence-corrected chi connectivity index (χ1v) is 8.89. The van der Waals surface area contributed by atoms with E-state index >= 15 is 0 Å². The Morgan fingerprint density at radius 3 is 3.09 bits per heavy atom. The lowest BCUT2D eigenvalue weighted by Crippen LogP contribution is -2.37. The van der Waals surface area contributed by atoms with E-state index in [-0.39, 0.29) is 12.0 Å². The van der Waals surface area contributed by atoms with Crippen molar-refractivity contribution in [3.63, 3.8) is 0 Å². The Hall–Kier alpha value is -1.66. The van der Waals surface area contributed by atoms with Gasteiger partial charge in [0.05, 0.1) is 30.0 Å². The average Bonchev–Trinajstić information content (AvgIpc) is 3.20. The van der Waals surface area contributed by atoms with Crippen LogP contribution < -0.4 is 9.64 Å². The quantitative estimate of drug-likeness (QED) is 0.810. The summed E-state index contributed by atoms with van der Waals surface area (Å²) in [7, 11) is 1.65. The van der Waals surface area contributed by atoms with Crippen molar-refractivity contribution in [1.82, 2.24) is 4.98 Å². The molecule has 1 aliphatic rings. The summed E-state index contributed by atoms with van der Waals surface area (Å²) in [6.45, 7) is 3.40. The van der Waals surface area contributed by atoms with Gasteiger partial charge in [0.15, 0.2) is 5.13 Å². The van der Waals surface area contributed by atoms with Gasteiger partial charge in [-0.3, -0.25) is 9.69 Å². The molecule has 0 spiro atoms. The minimum atomic E-state index is 0.119. The van der Waals surface area contributed by atoms with Gasteiger partial charge in [0.1, 0.15) is 5.75 Å². The number of aromatic nitrogens is 1. The fourth-order valence-corrected chi connectivity index (χ4v) is 3.78. The molecule has 1 aromatic carbocycles. The molecule has 0 N–H and O–H groups in total. The van der Waals surface area contributed by atoms with Gasteiger partial charge in [-0.05, 0) is 37.5 Å². The molecule has 23 heavy (non-hydrogen) atoms. The van der Waals surface area contributed by atoms with Crippen molar-refractivity contribution in [2.75, 3.05) is 25.2 Å². The minimum Gasteiger partial charge on any atom is -0.497 e. The molecule has 1 saturated heterocycles. The van der Waals surface area contributed by atoms with Crippen molar-refractivity contribution in [2.24, 2.45) is 0 Å². The van der Waals surface area contributed by atoms with Gasteiger partial charge >= 0.3 is 0 Å². The summed E-state index contributed by atoms with van der Waals surface area (Å²) in [5.41, 5.74) is 0.896. The zero-order valence-electron chi connectivity index (χ0n) is 13.6. The van der Waals surface area contributed by atoms with E-state index in [2.05, 4.69) is 4.98 Å². The maximum atomic E-state index is 12.5. The van der Waals surface area contributed by atoms with Crippen LogP contribution in [0.2, 0.25) is 0 Å². The molecule has 1 atom stereocenters. The van der Waals surface area contributed by atoms with Crippen LogP contribution in [0.5, 0.6) is 5.75 Å². The molecule has 2 heterocycles. The summed E-state index contributed by atoms with van der Waals surface area (Å²) < 4.78 is 12.0. The highest BCUT2D eigenvalue weighted by atomic mass is 32.1. The first-order chi connectivity index (χ1) is 11.2. The number of methoxy groups -OCH3 is 1. The van der Waals surface area contributed by atoms with Crippen molar-refractivity contribution in [2.45, 2.75) is 38.7 Å². The van der Waals surface area contributed by atoms with Crippen LogP contribution in [0.4, 0.5) is 5.13 Å². The van der Waals surface area contributed by atoms with Gasteiger partial charge in [0.25, 0.3) is 0 Å². The first kappa shape index (κ1) is 16.2. The van der Waals surface area contributed by atoms with E-state index < -0.39 is 0 Å². The van der Waals surface area contributed by atoms with E-state index in [1.54, 1.807) is 12.0 Å². The molecule has 0 bridgehead atoms. The predicted octanol–water partition coefficient (Wildman–Crippen LogP) is 3.62. The van der Waals surface area contributed by atoms with Gasteiger partial charge in [-0.1, -0.05) is 18.3 Å². The summed E-state index contributed by atoms with van der Waals surface area (Å²) in [5, 5.41) is 0.752. The molecular formula is C17H22N2O3S. The molecular weight excluding hydrogens is 312 g/mol. The van der Waals surface area contributed by atoms with Crippen molar-refractivity contribution in [1.29, 1.82) is 0 Å². The third-order valence-electron chi connectivity index (χ3n) is 3.99. The molecule has 0 radical (unpaired) electrons. The number of carbonyl (C=O) groups is 1. The number of hydrogen-bond donors (Lipinski definition) is 0. The summed E-state index contributed by atoms with van der Waals surface area (Å²) >= 11 is 1.53. The van der Waals surface area contributed by atoms with E-state index in [1.807, 2.05) is 25.1 Å². The van der Waals surface area contributed by atoms with Crippen LogP contribution in [-0.4, -0.2) is 37.3 Å². The molecule has 1 aromatic heterocycles. The first-order valence-electron chi connectivity index (χ1n) is 8.07. The Kier molecular flexibility index (Phi) is 5.13. The lowest BCUT2D eigenvalue weighted by molar-refractivity contribution is -0.119. The van der Waals surface area contributed by atoms with Gasteiger partial charge in [0.2, 0.25) is 5.91 Å². The van der Waals surface area contributed by atoms with Gasteiger partial charge in [0, 0.05) is 13.0 Å². The number of thiazole rings is 1. The van der Waals surface area contributed by atoms with Crippen LogP contribution in [0.25, 0.3) is 10.2 Å². The van der Waals surface area contributed by atoms with Crippen molar-refractivity contribution in [3.05, 3.63) is 18.2 Å². The summed E-state index contributed by atoms with van der Waals surface area (Å²) in [4.78, 5) is 19.0. The zero-order chi connectivity index (χ0) is 16.2. The van der Waals surface area contributed by atoms with Gasteiger partial charge in [-0.25, -0.2) is 4.98 Å². The summed E-state index contributed by atoms with van der Waals surface area (Å²) in [6, 6.07) is 5.79. The molecule has 3 rings (SSSR count). The number of benzene rings is 1. The molecule has 124 valence electrons. The minimum absolute atomic E-state index is 0.119. The Bertz CT molecular complexity index is 680. The van der Waals surface area contributed by atoms with E-state index in [0.29, 0.717) is 13.0 Å². The number of carbonyl (C=O) groups excluding carboxylic acids is 1. The second-order valence-corrected chi connectivity index (χ2v) is 6.73. The number of hydrogen-bond acceptors (Lipinski definition) is 5. The van der Waals surface area contributed by atoms with Gasteiger partial charge in [-0.2, -0.15) is 0 Å². The highest BCUT2D eigenvalue weighted by molar-refractivity contribution is 7.22. The lowest BCUT2D eigenvalue weighted by atomic mass is 10.2. The maximum absolute atomic E-state index is 12.5. The Balaban J connectivity index is 1.89. The highest BCUT2D eigenvalue weighted by Gasteiger charge is 2.25. The zero-order valence-corrected chi connectivity index (χ0v) is 14.4. The van der Waals surface area contributed by atoms with E-state index in [1.165, 1.54) is 11.3 Å². The maximum Gasteiger partial charge on any atom is 0.228 e. The van der Waals surface area contributed by atoms with Crippen LogP contribution in [0.3, 0.4) is 0 Å². The SMILES string of the molecule is CCCC(=O)N(CC1CCCO1)c1nc2ccc(OC)cc2s1. The molecule has 0 aliphatic carbocycles. The van der Waals surface area contributed by atoms with Crippen molar-refractivity contribution >= 4 is 32.6 Å². The fraction of sp³-hybridized carbons (Fsp3) is 0.529. The Morgan fingerprint density at radius 1 is 1.52 bits per heavy atom. The monoisotopic (exact) mass is 334 g/mol. The third kappa shape index (κ3) is 3.64. The Morgan fingerprint density at radius 2 is 2.39 bits per heavy atom. The Labute approximate surface area is 140 Å². The molecule has 1 unspecified atom stereocenters. The molecule has 2 aromatic rings. The highest BCUT2D eigenvalue weighted by Crippen LogP contribution is 2.32. The van der Waals surface area contributed by atoms with Crippen LogP contribution in [0, 0.1) is 0 Å². The number of fused-ring (bicyclic) bond motifs is 1. The van der Waals surface area contributed by atoms with Gasteiger partial charge in [-0.15, -0.1) is 0 Å². The second kappa shape index (κ2) is 7.27. The average molecular weight is 334 g/mol. The number of anilines is 1. The number of nitrogens with zero attached hydrogens (tertiary/aromatic N) is 2. The predicted molar refractivity (Wildman–Crippen MR) is 92.4 cm³/mol. The van der Waals surface area contributed by atoms with Crippen molar-refractivity contribution < 1.29 is 14.3 Å². The molecule has 1 aliphatic heterocycles. The number of amides is 1. The number of ether oxygens (including phenoxy) is 2. The van der Waals surface area contributed by atoms with Crippen LogP contribution in [-0.2, 0) is 9.53 Å². The molecule has 6 heteroatoms. The normalized spacial score (nSPS) is 17.6.